The van der Waals surface area contributed by atoms with Crippen LogP contribution in [-0.4, -0.2) is 42.0 Å². The zero-order valence-corrected chi connectivity index (χ0v) is 13.1. The summed E-state index contributed by atoms with van der Waals surface area (Å²) in [5.41, 5.74) is 3.67. The van der Waals surface area contributed by atoms with Crippen LogP contribution in [-0.2, 0) is 11.2 Å². The van der Waals surface area contributed by atoms with Gasteiger partial charge in [-0.15, -0.1) is 0 Å². The van der Waals surface area contributed by atoms with Gasteiger partial charge in [0.2, 0.25) is 5.91 Å². The second-order valence-corrected chi connectivity index (χ2v) is 5.90. The summed E-state index contributed by atoms with van der Waals surface area (Å²) >= 11 is 0. The molecule has 4 nitrogen and oxygen atoms in total. The Labute approximate surface area is 131 Å². The number of carbonyl (C=O) groups excluding carboxylic acids is 1. The Balaban J connectivity index is 1.49. The Morgan fingerprint density at radius 3 is 2.64 bits per heavy atom. The number of nitrogens with one attached hydrogen (secondary N) is 1. The summed E-state index contributed by atoms with van der Waals surface area (Å²) in [5, 5.41) is 0. The average molecular weight is 297 g/mol. The van der Waals surface area contributed by atoms with Crippen LogP contribution in [0.2, 0.25) is 0 Å². The van der Waals surface area contributed by atoms with Crippen molar-refractivity contribution in [2.45, 2.75) is 19.8 Å². The summed E-state index contributed by atoms with van der Waals surface area (Å²) in [6.07, 6.45) is 3.29. The van der Waals surface area contributed by atoms with E-state index in [1.165, 1.54) is 11.3 Å². The molecule has 1 saturated heterocycles. The highest BCUT2D eigenvalue weighted by Crippen LogP contribution is 2.18. The van der Waals surface area contributed by atoms with Crippen LogP contribution in [0.5, 0.6) is 0 Å². The first kappa shape index (κ1) is 14.7. The van der Waals surface area contributed by atoms with Crippen molar-refractivity contribution < 1.29 is 4.79 Å². The molecular weight excluding hydrogens is 274 g/mol. The van der Waals surface area contributed by atoms with Crippen LogP contribution >= 0.6 is 0 Å². The molecule has 1 aliphatic rings. The van der Waals surface area contributed by atoms with Crippen LogP contribution in [0.25, 0.3) is 0 Å². The van der Waals surface area contributed by atoms with Gasteiger partial charge < -0.3 is 14.8 Å². The molecule has 4 heteroatoms. The summed E-state index contributed by atoms with van der Waals surface area (Å²) < 4.78 is 0. The van der Waals surface area contributed by atoms with Gasteiger partial charge in [-0.2, -0.15) is 0 Å². The molecule has 0 aliphatic carbocycles. The van der Waals surface area contributed by atoms with E-state index in [-0.39, 0.29) is 5.91 Å². The fraction of sp³-hybridized carbons (Fsp3) is 0.389. The topological polar surface area (TPSA) is 39.3 Å². The zero-order chi connectivity index (χ0) is 15.4. The average Bonchev–Trinajstić information content (AvgIpc) is 3.06. The molecule has 1 N–H and O–H groups in total. The molecule has 1 aromatic carbocycles. The third kappa shape index (κ3) is 3.50. The SMILES string of the molecule is Cc1cccc(N2CCN(C(=O)CCc3ccc[nH]3)CC2)c1. The minimum absolute atomic E-state index is 0.262. The molecule has 2 heterocycles. The largest absolute Gasteiger partial charge is 0.368 e. The number of piperazine rings is 1. The van der Waals surface area contributed by atoms with Crippen molar-refractivity contribution in [1.29, 1.82) is 0 Å². The number of amides is 1. The van der Waals surface area contributed by atoms with Gasteiger partial charge in [0.05, 0.1) is 0 Å². The molecule has 1 aliphatic heterocycles. The van der Waals surface area contributed by atoms with Gasteiger partial charge in [-0.3, -0.25) is 4.79 Å². The van der Waals surface area contributed by atoms with Crippen LogP contribution < -0.4 is 4.90 Å². The third-order valence-electron chi connectivity index (χ3n) is 4.27. The van der Waals surface area contributed by atoms with Crippen molar-refractivity contribution in [2.75, 3.05) is 31.1 Å². The summed E-state index contributed by atoms with van der Waals surface area (Å²) in [7, 11) is 0. The van der Waals surface area contributed by atoms with Gasteiger partial charge in [0, 0.05) is 50.2 Å². The number of hydrogen-bond acceptors (Lipinski definition) is 2. The minimum Gasteiger partial charge on any atom is -0.368 e. The van der Waals surface area contributed by atoms with Gasteiger partial charge in [-0.05, 0) is 43.2 Å². The number of benzene rings is 1. The maximum atomic E-state index is 12.3. The predicted molar refractivity (Wildman–Crippen MR) is 89.1 cm³/mol. The number of rotatable bonds is 4. The van der Waals surface area contributed by atoms with Crippen molar-refractivity contribution in [3.8, 4) is 0 Å². The molecular formula is C18H23N3O. The first-order chi connectivity index (χ1) is 10.7. The fourth-order valence-electron chi connectivity index (χ4n) is 2.96. The Hall–Kier alpha value is -2.23. The normalized spacial score (nSPS) is 15.1. The smallest absolute Gasteiger partial charge is 0.223 e. The number of H-pyrrole nitrogens is 1. The molecule has 116 valence electrons. The maximum Gasteiger partial charge on any atom is 0.223 e. The van der Waals surface area contributed by atoms with Gasteiger partial charge >= 0.3 is 0 Å². The number of aromatic nitrogens is 1. The molecule has 3 rings (SSSR count). The lowest BCUT2D eigenvalue weighted by atomic mass is 10.1. The third-order valence-corrected chi connectivity index (χ3v) is 4.27. The number of carbonyl (C=O) groups is 1. The standard InChI is InChI=1S/C18H23N3O/c1-15-4-2-6-17(14-15)20-10-12-21(13-11-20)18(22)8-7-16-5-3-9-19-16/h2-6,9,14,19H,7-8,10-13H2,1H3. The van der Waals surface area contributed by atoms with E-state index in [9.17, 15) is 4.79 Å². The van der Waals surface area contributed by atoms with E-state index in [1.807, 2.05) is 23.2 Å². The van der Waals surface area contributed by atoms with Crippen molar-refractivity contribution >= 4 is 11.6 Å². The molecule has 1 fully saturated rings. The van der Waals surface area contributed by atoms with Crippen LogP contribution in [0.3, 0.4) is 0 Å². The first-order valence-electron chi connectivity index (χ1n) is 7.94. The number of anilines is 1. The summed E-state index contributed by atoms with van der Waals surface area (Å²) in [4.78, 5) is 19.8. The second-order valence-electron chi connectivity index (χ2n) is 5.90. The molecule has 1 amide bonds. The van der Waals surface area contributed by atoms with Gasteiger partial charge in [-0.25, -0.2) is 0 Å². The molecule has 0 spiro atoms. The predicted octanol–water partition coefficient (Wildman–Crippen LogP) is 2.60. The maximum absolute atomic E-state index is 12.3. The van der Waals surface area contributed by atoms with E-state index in [0.717, 1.165) is 38.3 Å². The molecule has 0 bridgehead atoms. The highest BCUT2D eigenvalue weighted by Gasteiger charge is 2.21. The second kappa shape index (κ2) is 6.69. The quantitative estimate of drug-likeness (QED) is 0.942. The zero-order valence-electron chi connectivity index (χ0n) is 13.1. The van der Waals surface area contributed by atoms with E-state index in [0.29, 0.717) is 6.42 Å². The van der Waals surface area contributed by atoms with Crippen molar-refractivity contribution in [3.63, 3.8) is 0 Å². The molecule has 0 radical (unpaired) electrons. The summed E-state index contributed by atoms with van der Waals surface area (Å²) in [6.45, 7) is 5.58. The lowest BCUT2D eigenvalue weighted by molar-refractivity contribution is -0.131. The molecule has 0 atom stereocenters. The monoisotopic (exact) mass is 297 g/mol. The van der Waals surface area contributed by atoms with E-state index < -0.39 is 0 Å². The molecule has 0 saturated carbocycles. The van der Waals surface area contributed by atoms with Crippen molar-refractivity contribution in [3.05, 3.63) is 53.9 Å². The lowest BCUT2D eigenvalue weighted by Gasteiger charge is -2.36. The summed E-state index contributed by atoms with van der Waals surface area (Å²) in [5.74, 6) is 0.262. The highest BCUT2D eigenvalue weighted by molar-refractivity contribution is 5.76. The number of aromatic amines is 1. The summed E-state index contributed by atoms with van der Waals surface area (Å²) in [6, 6.07) is 12.6. The molecule has 0 unspecified atom stereocenters. The van der Waals surface area contributed by atoms with Crippen LogP contribution in [0, 0.1) is 6.92 Å². The molecule has 2 aromatic rings. The van der Waals surface area contributed by atoms with Gasteiger partial charge in [0.25, 0.3) is 0 Å². The van der Waals surface area contributed by atoms with Crippen LogP contribution in [0.4, 0.5) is 5.69 Å². The van der Waals surface area contributed by atoms with E-state index in [4.69, 9.17) is 0 Å². The van der Waals surface area contributed by atoms with Crippen LogP contribution in [0.15, 0.2) is 42.6 Å². The van der Waals surface area contributed by atoms with Crippen molar-refractivity contribution in [1.82, 2.24) is 9.88 Å². The number of hydrogen-bond donors (Lipinski definition) is 1. The Kier molecular flexibility index (Phi) is 4.47. The van der Waals surface area contributed by atoms with E-state index in [2.05, 4.69) is 41.1 Å². The van der Waals surface area contributed by atoms with E-state index in [1.54, 1.807) is 0 Å². The Morgan fingerprint density at radius 2 is 1.95 bits per heavy atom. The van der Waals surface area contributed by atoms with Gasteiger partial charge in [0.1, 0.15) is 0 Å². The molecule has 1 aromatic heterocycles. The lowest BCUT2D eigenvalue weighted by Crippen LogP contribution is -2.48. The van der Waals surface area contributed by atoms with Crippen molar-refractivity contribution in [2.24, 2.45) is 0 Å². The highest BCUT2D eigenvalue weighted by atomic mass is 16.2. The van der Waals surface area contributed by atoms with Gasteiger partial charge in [-0.1, -0.05) is 12.1 Å². The first-order valence-corrected chi connectivity index (χ1v) is 7.94. The van der Waals surface area contributed by atoms with Gasteiger partial charge in [0.15, 0.2) is 0 Å². The van der Waals surface area contributed by atoms with E-state index >= 15 is 0 Å². The number of aryl methyl sites for hydroxylation is 2. The minimum atomic E-state index is 0.262. The Morgan fingerprint density at radius 1 is 1.14 bits per heavy atom. The van der Waals surface area contributed by atoms with Crippen LogP contribution in [0.1, 0.15) is 17.7 Å². The fourth-order valence-corrected chi connectivity index (χ4v) is 2.96. The molecule has 22 heavy (non-hydrogen) atoms. The Bertz CT molecular complexity index is 613. The number of nitrogens with zero attached hydrogens (tertiary/aromatic N) is 2.